The maximum atomic E-state index is 13.4. The molecule has 0 unspecified atom stereocenters. The Morgan fingerprint density at radius 3 is 2.26 bits per heavy atom. The van der Waals surface area contributed by atoms with E-state index in [9.17, 15) is 29.1 Å². The minimum absolute atomic E-state index is 0.0753. The maximum Gasteiger partial charge on any atom is 0.409 e. The lowest BCUT2D eigenvalue weighted by atomic mass is 9.91. The van der Waals surface area contributed by atoms with E-state index >= 15 is 0 Å². The van der Waals surface area contributed by atoms with Crippen LogP contribution in [0, 0.1) is 5.41 Å². The molecule has 1 aliphatic rings. The molecule has 13 nitrogen and oxygen atoms in total. The number of nitrogens with one attached hydrogen (secondary N) is 1. The maximum absolute atomic E-state index is 13.4. The number of carboxylic acids is 1. The molecule has 3 amide bonds. The predicted molar refractivity (Wildman–Crippen MR) is 151 cm³/mol. The van der Waals surface area contributed by atoms with E-state index in [4.69, 9.17) is 9.47 Å². The van der Waals surface area contributed by atoms with Gasteiger partial charge in [0.25, 0.3) is 5.91 Å². The Labute approximate surface area is 244 Å². The van der Waals surface area contributed by atoms with E-state index in [0.717, 1.165) is 0 Å². The SMILES string of the molecule is CCCOC(=O)N1CCN(C(=O)[C@H](CCC(=O)O)NC(=O)c2cc(OCC(=O)C(C)(C)C)n(-c3ccccc3)n2)CC1. The van der Waals surface area contributed by atoms with Crippen LogP contribution in [0.4, 0.5) is 4.79 Å². The summed E-state index contributed by atoms with van der Waals surface area (Å²) in [7, 11) is 0. The molecule has 1 aromatic heterocycles. The van der Waals surface area contributed by atoms with E-state index in [1.165, 1.54) is 20.5 Å². The van der Waals surface area contributed by atoms with E-state index in [0.29, 0.717) is 18.7 Å². The predicted octanol–water partition coefficient (Wildman–Crippen LogP) is 2.52. The number of ether oxygens (including phenoxy) is 2. The van der Waals surface area contributed by atoms with Gasteiger partial charge in [-0.3, -0.25) is 19.2 Å². The van der Waals surface area contributed by atoms with Crippen LogP contribution in [0.1, 0.15) is 57.4 Å². The highest BCUT2D eigenvalue weighted by Crippen LogP contribution is 2.22. The van der Waals surface area contributed by atoms with Crippen molar-refractivity contribution in [3.05, 3.63) is 42.1 Å². The van der Waals surface area contributed by atoms with Gasteiger partial charge in [-0.15, -0.1) is 0 Å². The van der Waals surface area contributed by atoms with Crippen molar-refractivity contribution in [3.8, 4) is 11.6 Å². The Kier molecular flexibility index (Phi) is 11.1. The zero-order chi connectivity index (χ0) is 30.9. The van der Waals surface area contributed by atoms with Gasteiger partial charge in [-0.1, -0.05) is 45.9 Å². The summed E-state index contributed by atoms with van der Waals surface area (Å²) in [5, 5.41) is 16.2. The number of benzene rings is 1. The third kappa shape index (κ3) is 8.79. The number of nitrogens with zero attached hydrogens (tertiary/aromatic N) is 4. The molecular formula is C29H39N5O8. The summed E-state index contributed by atoms with van der Waals surface area (Å²) in [5.74, 6) is -2.27. The minimum Gasteiger partial charge on any atom is -0.481 e. The van der Waals surface area contributed by atoms with Gasteiger partial charge in [0, 0.05) is 44.1 Å². The van der Waals surface area contributed by atoms with Gasteiger partial charge in [0.1, 0.15) is 12.6 Å². The quantitative estimate of drug-likeness (QED) is 0.381. The standard InChI is InChI=1S/C29H39N5O8/c1-5-17-41-28(40)33-15-13-32(14-16-33)27(39)21(11-12-25(36)37)30-26(38)22-18-24(42-19-23(35)29(2,3)4)34(31-22)20-9-7-6-8-10-20/h6-10,18,21H,5,11-17,19H2,1-4H3,(H,30,38)(H,36,37)/t21-/m0/s1. The number of amides is 3. The Bertz CT molecular complexity index is 1260. The first-order valence-electron chi connectivity index (χ1n) is 14.0. The molecule has 1 fully saturated rings. The highest BCUT2D eigenvalue weighted by Gasteiger charge is 2.32. The molecule has 2 aromatic rings. The van der Waals surface area contributed by atoms with Crippen molar-refractivity contribution < 1.29 is 38.6 Å². The number of hydrogen-bond donors (Lipinski definition) is 2. The second-order valence-electron chi connectivity index (χ2n) is 11.0. The smallest absolute Gasteiger partial charge is 0.409 e. The Balaban J connectivity index is 1.76. The summed E-state index contributed by atoms with van der Waals surface area (Å²) in [4.78, 5) is 65.6. The molecule has 0 radical (unpaired) electrons. The summed E-state index contributed by atoms with van der Waals surface area (Å²) in [6, 6.07) is 9.12. The van der Waals surface area contributed by atoms with Crippen LogP contribution in [0.5, 0.6) is 5.88 Å². The van der Waals surface area contributed by atoms with Crippen LogP contribution in [0.2, 0.25) is 0 Å². The lowest BCUT2D eigenvalue weighted by molar-refractivity contribution is -0.138. The van der Waals surface area contributed by atoms with Crippen LogP contribution in [-0.2, 0) is 19.1 Å². The molecule has 0 bridgehead atoms. The van der Waals surface area contributed by atoms with E-state index in [2.05, 4.69) is 10.4 Å². The first kappa shape index (κ1) is 32.1. The number of piperazine rings is 1. The zero-order valence-electron chi connectivity index (χ0n) is 24.5. The molecule has 2 heterocycles. The van der Waals surface area contributed by atoms with Crippen molar-refractivity contribution in [2.45, 2.75) is 53.0 Å². The monoisotopic (exact) mass is 585 g/mol. The van der Waals surface area contributed by atoms with Gasteiger partial charge >= 0.3 is 12.1 Å². The van der Waals surface area contributed by atoms with Crippen LogP contribution < -0.4 is 10.1 Å². The van der Waals surface area contributed by atoms with Crippen molar-refractivity contribution in [1.29, 1.82) is 0 Å². The Morgan fingerprint density at radius 1 is 1.02 bits per heavy atom. The zero-order valence-corrected chi connectivity index (χ0v) is 24.5. The lowest BCUT2D eigenvalue weighted by Gasteiger charge is -2.36. The van der Waals surface area contributed by atoms with Gasteiger partial charge in [-0.25, -0.2) is 9.48 Å². The number of para-hydroxylation sites is 1. The lowest BCUT2D eigenvalue weighted by Crippen LogP contribution is -2.56. The molecule has 0 spiro atoms. The average molecular weight is 586 g/mol. The normalized spacial score (nSPS) is 14.2. The number of aliphatic carboxylic acids is 1. The van der Waals surface area contributed by atoms with Crippen molar-refractivity contribution in [2.24, 2.45) is 5.41 Å². The third-order valence-corrected chi connectivity index (χ3v) is 6.63. The largest absolute Gasteiger partial charge is 0.481 e. The van der Waals surface area contributed by atoms with Gasteiger partial charge < -0.3 is 29.7 Å². The second-order valence-corrected chi connectivity index (χ2v) is 11.0. The number of rotatable bonds is 12. The molecule has 0 saturated carbocycles. The fraction of sp³-hybridized carbons (Fsp3) is 0.517. The molecule has 1 aromatic carbocycles. The fourth-order valence-electron chi connectivity index (χ4n) is 4.06. The van der Waals surface area contributed by atoms with Gasteiger partial charge in [-0.2, -0.15) is 5.10 Å². The summed E-state index contributed by atoms with van der Waals surface area (Å²) in [5.41, 5.74) is -0.117. The van der Waals surface area contributed by atoms with E-state index in [1.807, 2.05) is 13.0 Å². The molecule has 42 heavy (non-hydrogen) atoms. The van der Waals surface area contributed by atoms with Crippen molar-refractivity contribution in [2.75, 3.05) is 39.4 Å². The van der Waals surface area contributed by atoms with Crippen LogP contribution in [0.25, 0.3) is 5.69 Å². The average Bonchev–Trinajstić information content (AvgIpc) is 3.40. The molecule has 3 rings (SSSR count). The number of aromatic nitrogens is 2. The van der Waals surface area contributed by atoms with Gasteiger partial charge in [0.2, 0.25) is 11.8 Å². The number of Topliss-reactive ketones (excluding diaryl/α,β-unsaturated/α-hetero) is 1. The second kappa shape index (κ2) is 14.5. The third-order valence-electron chi connectivity index (χ3n) is 6.63. The minimum atomic E-state index is -1.14. The number of carbonyl (C=O) groups is 5. The molecule has 1 atom stereocenters. The van der Waals surface area contributed by atoms with Crippen LogP contribution in [0.3, 0.4) is 0 Å². The summed E-state index contributed by atoms with van der Waals surface area (Å²) in [6.07, 6.45) is -0.235. The van der Waals surface area contributed by atoms with Crippen LogP contribution in [0.15, 0.2) is 36.4 Å². The van der Waals surface area contributed by atoms with Gasteiger partial charge in [-0.05, 0) is 25.0 Å². The van der Waals surface area contributed by atoms with E-state index < -0.39 is 35.3 Å². The van der Waals surface area contributed by atoms with Crippen molar-refractivity contribution >= 4 is 29.7 Å². The molecule has 1 aliphatic heterocycles. The first-order valence-corrected chi connectivity index (χ1v) is 14.0. The first-order chi connectivity index (χ1) is 19.9. The Hall–Kier alpha value is -4.42. The van der Waals surface area contributed by atoms with Crippen molar-refractivity contribution in [1.82, 2.24) is 24.9 Å². The molecule has 13 heteroatoms. The van der Waals surface area contributed by atoms with E-state index in [-0.39, 0.29) is 63.0 Å². The van der Waals surface area contributed by atoms with Crippen LogP contribution >= 0.6 is 0 Å². The van der Waals surface area contributed by atoms with E-state index in [1.54, 1.807) is 45.0 Å². The Morgan fingerprint density at radius 2 is 1.67 bits per heavy atom. The topological polar surface area (TPSA) is 160 Å². The molecular weight excluding hydrogens is 546 g/mol. The van der Waals surface area contributed by atoms with Crippen molar-refractivity contribution in [3.63, 3.8) is 0 Å². The highest BCUT2D eigenvalue weighted by molar-refractivity contribution is 5.96. The number of carboxylic acid groups (broad SMARTS) is 1. The highest BCUT2D eigenvalue weighted by atomic mass is 16.6. The number of hydrogen-bond acceptors (Lipinski definition) is 8. The van der Waals surface area contributed by atoms with Gasteiger partial charge in [0.15, 0.2) is 11.5 Å². The van der Waals surface area contributed by atoms with Crippen LogP contribution in [-0.4, -0.2) is 99.8 Å². The molecule has 0 aliphatic carbocycles. The number of ketones is 1. The molecule has 1 saturated heterocycles. The summed E-state index contributed by atoms with van der Waals surface area (Å²) >= 11 is 0. The molecule has 228 valence electrons. The summed E-state index contributed by atoms with van der Waals surface area (Å²) in [6.45, 7) is 8.22. The fourth-order valence-corrected chi connectivity index (χ4v) is 4.06. The number of carbonyl (C=O) groups excluding carboxylic acids is 4. The van der Waals surface area contributed by atoms with Gasteiger partial charge in [0.05, 0.1) is 12.3 Å². The molecule has 2 N–H and O–H groups in total. The summed E-state index contributed by atoms with van der Waals surface area (Å²) < 4.78 is 12.3.